The third-order valence-electron chi connectivity index (χ3n) is 3.76. The number of fused-ring (bicyclic) bond motifs is 1. The number of carbonyl (C=O) groups excluding carboxylic acids is 2. The normalized spacial score (nSPS) is 13.0. The predicted octanol–water partition coefficient (Wildman–Crippen LogP) is 3.37. The minimum Gasteiger partial charge on any atom is -0.490 e. The molecule has 1 aliphatic rings. The van der Waals surface area contributed by atoms with E-state index in [1.165, 1.54) is 11.0 Å². The van der Waals surface area contributed by atoms with Gasteiger partial charge in [-0.05, 0) is 42.8 Å². The van der Waals surface area contributed by atoms with E-state index in [9.17, 15) is 14.0 Å². The monoisotopic (exact) mass is 363 g/mol. The molecule has 1 amide bonds. The first-order valence-corrected chi connectivity index (χ1v) is 7.99. The van der Waals surface area contributed by atoms with E-state index >= 15 is 0 Å². The number of esters is 1. The second kappa shape index (κ2) is 7.11. The van der Waals surface area contributed by atoms with Gasteiger partial charge in [0.25, 0.3) is 5.91 Å². The molecule has 25 heavy (non-hydrogen) atoms. The topological polar surface area (TPSA) is 55.8 Å². The molecule has 0 atom stereocenters. The van der Waals surface area contributed by atoms with Crippen LogP contribution in [0.2, 0.25) is 5.02 Å². The molecule has 0 unspecified atom stereocenters. The number of hydrogen-bond donors (Lipinski definition) is 0. The second-order valence-corrected chi connectivity index (χ2v) is 5.98. The summed E-state index contributed by atoms with van der Waals surface area (Å²) in [5.41, 5.74) is 1.72. The molecule has 0 saturated carbocycles. The fourth-order valence-electron chi connectivity index (χ4n) is 2.50. The van der Waals surface area contributed by atoms with Crippen LogP contribution in [0.25, 0.3) is 0 Å². The quantitative estimate of drug-likeness (QED) is 0.784. The molecule has 2 aromatic carbocycles. The Bertz CT molecular complexity index is 840. The van der Waals surface area contributed by atoms with Crippen molar-refractivity contribution in [2.24, 2.45) is 0 Å². The largest absolute Gasteiger partial charge is 0.490 e. The van der Waals surface area contributed by atoms with Gasteiger partial charge in [0.1, 0.15) is 18.2 Å². The number of halogens is 2. The molecule has 5 nitrogen and oxygen atoms in total. The summed E-state index contributed by atoms with van der Waals surface area (Å²) in [6.07, 6.45) is 0. The molecule has 1 heterocycles. The zero-order valence-electron chi connectivity index (χ0n) is 13.4. The molecule has 0 saturated heterocycles. The van der Waals surface area contributed by atoms with E-state index in [0.29, 0.717) is 24.6 Å². The molecule has 0 N–H and O–H groups in total. The SMILES string of the molecule is Cc1ccc2c(c1)N(C(=O)COC(=O)c1ccc(F)c(Cl)c1)CCO2. The highest BCUT2D eigenvalue weighted by atomic mass is 35.5. The van der Waals surface area contributed by atoms with Gasteiger partial charge in [-0.3, -0.25) is 4.79 Å². The van der Waals surface area contributed by atoms with Crippen LogP contribution >= 0.6 is 11.6 Å². The molecule has 7 heteroatoms. The minimum atomic E-state index is -0.743. The fraction of sp³-hybridized carbons (Fsp3) is 0.222. The van der Waals surface area contributed by atoms with E-state index in [-0.39, 0.29) is 16.5 Å². The Labute approximate surface area is 148 Å². The van der Waals surface area contributed by atoms with Crippen molar-refractivity contribution in [3.05, 3.63) is 58.4 Å². The van der Waals surface area contributed by atoms with E-state index in [1.807, 2.05) is 19.1 Å². The maximum Gasteiger partial charge on any atom is 0.338 e. The van der Waals surface area contributed by atoms with Crippen LogP contribution in [0.4, 0.5) is 10.1 Å². The first-order valence-electron chi connectivity index (χ1n) is 7.61. The number of hydrogen-bond acceptors (Lipinski definition) is 4. The molecule has 0 aromatic heterocycles. The number of rotatable bonds is 3. The Morgan fingerprint density at radius 3 is 2.84 bits per heavy atom. The Hall–Kier alpha value is -2.60. The van der Waals surface area contributed by atoms with Crippen LogP contribution in [0.1, 0.15) is 15.9 Å². The number of amides is 1. The van der Waals surface area contributed by atoms with Crippen LogP contribution in [-0.4, -0.2) is 31.6 Å². The van der Waals surface area contributed by atoms with Gasteiger partial charge in [0.15, 0.2) is 6.61 Å². The lowest BCUT2D eigenvalue weighted by atomic mass is 10.1. The van der Waals surface area contributed by atoms with Gasteiger partial charge < -0.3 is 14.4 Å². The predicted molar refractivity (Wildman–Crippen MR) is 90.7 cm³/mol. The molecule has 0 fully saturated rings. The molecule has 0 bridgehead atoms. The van der Waals surface area contributed by atoms with Crippen molar-refractivity contribution >= 4 is 29.2 Å². The number of aryl methyl sites for hydroxylation is 1. The van der Waals surface area contributed by atoms with Gasteiger partial charge in [-0.1, -0.05) is 17.7 Å². The van der Waals surface area contributed by atoms with Crippen LogP contribution in [0.3, 0.4) is 0 Å². The van der Waals surface area contributed by atoms with E-state index in [0.717, 1.165) is 17.7 Å². The molecule has 3 rings (SSSR count). The van der Waals surface area contributed by atoms with Gasteiger partial charge >= 0.3 is 5.97 Å². The first kappa shape index (κ1) is 17.2. The molecular formula is C18H15ClFNO4. The number of carbonyl (C=O) groups is 2. The number of nitrogens with zero attached hydrogens (tertiary/aromatic N) is 1. The van der Waals surface area contributed by atoms with E-state index in [2.05, 4.69) is 0 Å². The van der Waals surface area contributed by atoms with Gasteiger partial charge in [0.2, 0.25) is 0 Å². The van der Waals surface area contributed by atoms with E-state index in [4.69, 9.17) is 21.1 Å². The van der Waals surface area contributed by atoms with Gasteiger partial charge in [-0.15, -0.1) is 0 Å². The van der Waals surface area contributed by atoms with Crippen LogP contribution in [0.15, 0.2) is 36.4 Å². The zero-order chi connectivity index (χ0) is 18.0. The van der Waals surface area contributed by atoms with Crippen LogP contribution in [0.5, 0.6) is 5.75 Å². The summed E-state index contributed by atoms with van der Waals surface area (Å²) >= 11 is 5.64. The van der Waals surface area contributed by atoms with Crippen molar-refractivity contribution in [2.45, 2.75) is 6.92 Å². The third kappa shape index (κ3) is 3.74. The van der Waals surface area contributed by atoms with Crippen LogP contribution < -0.4 is 9.64 Å². The van der Waals surface area contributed by atoms with Gasteiger partial charge in [0.05, 0.1) is 22.8 Å². The summed E-state index contributed by atoms with van der Waals surface area (Å²) in [5, 5.41) is -0.182. The zero-order valence-corrected chi connectivity index (χ0v) is 14.2. The highest BCUT2D eigenvalue weighted by molar-refractivity contribution is 6.31. The van der Waals surface area contributed by atoms with Gasteiger partial charge in [0, 0.05) is 0 Å². The Morgan fingerprint density at radius 2 is 2.08 bits per heavy atom. The summed E-state index contributed by atoms with van der Waals surface area (Å²) in [5.74, 6) is -1.12. The lowest BCUT2D eigenvalue weighted by molar-refractivity contribution is -0.121. The Balaban J connectivity index is 1.68. The number of benzene rings is 2. The fourth-order valence-corrected chi connectivity index (χ4v) is 2.68. The second-order valence-electron chi connectivity index (χ2n) is 5.57. The van der Waals surface area contributed by atoms with E-state index < -0.39 is 18.4 Å². The molecule has 0 aliphatic carbocycles. The lowest BCUT2D eigenvalue weighted by Crippen LogP contribution is -2.40. The molecule has 0 radical (unpaired) electrons. The maximum atomic E-state index is 13.1. The first-order chi connectivity index (χ1) is 12.0. The molecule has 1 aliphatic heterocycles. The average Bonchev–Trinajstić information content (AvgIpc) is 2.61. The van der Waals surface area contributed by atoms with Crippen molar-refractivity contribution in [3.63, 3.8) is 0 Å². The minimum absolute atomic E-state index is 0.0809. The van der Waals surface area contributed by atoms with Gasteiger partial charge in [-0.25, -0.2) is 9.18 Å². The van der Waals surface area contributed by atoms with Crippen molar-refractivity contribution in [3.8, 4) is 5.75 Å². The highest BCUT2D eigenvalue weighted by Gasteiger charge is 2.25. The molecule has 130 valence electrons. The standard InChI is InChI=1S/C18H15ClFNO4/c1-11-2-5-16-15(8-11)21(6-7-24-16)17(22)10-25-18(23)12-3-4-14(20)13(19)9-12/h2-5,8-9H,6-7,10H2,1H3. The molecular weight excluding hydrogens is 349 g/mol. The smallest absolute Gasteiger partial charge is 0.338 e. The summed E-state index contributed by atoms with van der Waals surface area (Å²) in [6, 6.07) is 9.02. The maximum absolute atomic E-state index is 13.1. The van der Waals surface area contributed by atoms with Crippen LogP contribution in [0, 0.1) is 12.7 Å². The summed E-state index contributed by atoms with van der Waals surface area (Å²) in [6.45, 7) is 2.22. The third-order valence-corrected chi connectivity index (χ3v) is 4.05. The summed E-state index contributed by atoms with van der Waals surface area (Å²) in [4.78, 5) is 26.0. The molecule has 2 aromatic rings. The Morgan fingerprint density at radius 1 is 1.28 bits per heavy atom. The summed E-state index contributed by atoms with van der Waals surface area (Å²) < 4.78 is 23.7. The Kier molecular flexibility index (Phi) is 4.90. The number of ether oxygens (including phenoxy) is 2. The average molecular weight is 364 g/mol. The molecule has 0 spiro atoms. The van der Waals surface area contributed by atoms with E-state index in [1.54, 1.807) is 6.07 Å². The number of anilines is 1. The van der Waals surface area contributed by atoms with Crippen molar-refractivity contribution in [2.75, 3.05) is 24.7 Å². The van der Waals surface area contributed by atoms with Crippen LogP contribution in [-0.2, 0) is 9.53 Å². The van der Waals surface area contributed by atoms with Gasteiger partial charge in [-0.2, -0.15) is 0 Å². The van der Waals surface area contributed by atoms with Crippen molar-refractivity contribution in [1.82, 2.24) is 0 Å². The summed E-state index contributed by atoms with van der Waals surface area (Å²) in [7, 11) is 0. The van der Waals surface area contributed by atoms with Crippen molar-refractivity contribution < 1.29 is 23.5 Å². The lowest BCUT2D eigenvalue weighted by Gasteiger charge is -2.29. The van der Waals surface area contributed by atoms with Crippen molar-refractivity contribution in [1.29, 1.82) is 0 Å². The highest BCUT2D eigenvalue weighted by Crippen LogP contribution is 2.32.